The molecule has 0 aliphatic heterocycles. The van der Waals surface area contributed by atoms with Crippen LogP contribution in [-0.4, -0.2) is 53.6 Å². The second-order valence-electron chi connectivity index (χ2n) is 5.28. The molecule has 1 atom stereocenters. The third-order valence-electron chi connectivity index (χ3n) is 3.27. The zero-order chi connectivity index (χ0) is 24.5. The van der Waals surface area contributed by atoms with Gasteiger partial charge in [0.1, 0.15) is 0 Å². The molecule has 0 amide bonds. The zero-order valence-corrected chi connectivity index (χ0v) is 12.5. The molecule has 0 aromatic carbocycles. The Morgan fingerprint density at radius 2 is 0.517 bits per heavy atom. The van der Waals surface area contributed by atoms with Crippen molar-refractivity contribution >= 4 is 0 Å². The summed E-state index contributed by atoms with van der Waals surface area (Å²) in [7, 11) is 0. The van der Waals surface area contributed by atoms with E-state index in [2.05, 4.69) is 11.5 Å². The summed E-state index contributed by atoms with van der Waals surface area (Å²) in [5, 5.41) is 0. The van der Waals surface area contributed by atoms with Crippen molar-refractivity contribution in [3.63, 3.8) is 0 Å². The van der Waals surface area contributed by atoms with Gasteiger partial charge in [0.15, 0.2) is 0 Å². The molecule has 0 spiro atoms. The number of rotatable bonds is 7. The number of hydrogen-bond donors (Lipinski definition) is 2. The summed E-state index contributed by atoms with van der Waals surface area (Å²) in [4.78, 5) is 0. The highest BCUT2D eigenvalue weighted by Crippen LogP contribution is 2.63. The van der Waals surface area contributed by atoms with Crippen molar-refractivity contribution in [2.45, 2.75) is 53.6 Å². The monoisotopic (exact) mass is 482 g/mol. The van der Waals surface area contributed by atoms with Crippen LogP contribution in [0.25, 0.3) is 0 Å². The van der Waals surface area contributed by atoms with Crippen LogP contribution in [0.2, 0.25) is 0 Å². The van der Waals surface area contributed by atoms with Crippen molar-refractivity contribution in [3.8, 4) is 0 Å². The van der Waals surface area contributed by atoms with Crippen molar-refractivity contribution in [3.05, 3.63) is 0 Å². The molecule has 2 nitrogen and oxygen atoms in total. The maximum Gasteiger partial charge on any atom is 0.460 e. The molecule has 0 bridgehead atoms. The summed E-state index contributed by atoms with van der Waals surface area (Å²) in [6, 6.07) is -6.48. The largest absolute Gasteiger partial charge is 0.460 e. The van der Waals surface area contributed by atoms with Gasteiger partial charge in [-0.3, -0.25) is 11.5 Å². The molecule has 0 aromatic heterocycles. The van der Waals surface area contributed by atoms with Crippen LogP contribution < -0.4 is 11.5 Å². The van der Waals surface area contributed by atoms with Gasteiger partial charge in [0.05, 0.1) is 0 Å². The third-order valence-corrected chi connectivity index (χ3v) is 3.27. The van der Waals surface area contributed by atoms with E-state index in [1.165, 1.54) is 0 Å². The second-order valence-corrected chi connectivity index (χ2v) is 5.28. The van der Waals surface area contributed by atoms with Gasteiger partial charge in [-0.05, 0) is 0 Å². The molecule has 0 saturated carbocycles. The first-order valence-electron chi connectivity index (χ1n) is 5.98. The molecule has 176 valence electrons. The molecule has 0 saturated heterocycles. The molecule has 0 aliphatic carbocycles. The lowest BCUT2D eigenvalue weighted by Crippen LogP contribution is -2.79. The third kappa shape index (κ3) is 3.25. The summed E-state index contributed by atoms with van der Waals surface area (Å²) >= 11 is 0. The van der Waals surface area contributed by atoms with E-state index in [9.17, 15) is 79.0 Å². The van der Waals surface area contributed by atoms with Gasteiger partial charge in [0.2, 0.25) is 0 Å². The van der Waals surface area contributed by atoms with Gasteiger partial charge in [-0.2, -0.15) is 74.6 Å². The minimum atomic E-state index is -8.76. The SMILES string of the molecule is NC(F)(F)C(N)(F)C(F)(F)C(F)(F)C(F)(F)C(F)(F)C(F)(F)C(F)(F)C(F)(F)F. The molecule has 0 aliphatic rings. The van der Waals surface area contributed by atoms with Gasteiger partial charge in [-0.1, -0.05) is 0 Å². The highest BCUT2D eigenvalue weighted by Gasteiger charge is 2.95. The van der Waals surface area contributed by atoms with Gasteiger partial charge in [-0.15, -0.1) is 0 Å². The zero-order valence-electron chi connectivity index (χ0n) is 12.5. The molecule has 1 unspecified atom stereocenters. The molecule has 0 fully saturated rings. The molecule has 0 aromatic rings. The van der Waals surface area contributed by atoms with E-state index >= 15 is 0 Å². The lowest BCUT2D eigenvalue weighted by Gasteiger charge is -2.44. The van der Waals surface area contributed by atoms with Crippen molar-refractivity contribution in [1.82, 2.24) is 0 Å². The van der Waals surface area contributed by atoms with Gasteiger partial charge < -0.3 is 0 Å². The quantitative estimate of drug-likeness (QED) is 0.414. The average molecular weight is 482 g/mol. The Morgan fingerprint density at radius 3 is 0.724 bits per heavy atom. The van der Waals surface area contributed by atoms with E-state index in [1.54, 1.807) is 0 Å². The normalized spacial score (nSPS) is 18.6. The topological polar surface area (TPSA) is 52.0 Å². The Hall–Kier alpha value is -1.34. The summed E-state index contributed by atoms with van der Waals surface area (Å²) < 4.78 is 229. The molecular formula is C9H4F18N2. The fourth-order valence-electron chi connectivity index (χ4n) is 1.40. The lowest BCUT2D eigenvalue weighted by atomic mass is 9.87. The predicted molar refractivity (Wildman–Crippen MR) is 52.9 cm³/mol. The summed E-state index contributed by atoms with van der Waals surface area (Å²) in [6.07, 6.45) is -7.84. The number of hydrogen-bond acceptors (Lipinski definition) is 2. The molecule has 20 heteroatoms. The first kappa shape index (κ1) is 27.7. The maximum atomic E-state index is 13.2. The molecule has 0 heterocycles. The van der Waals surface area contributed by atoms with E-state index in [1.807, 2.05) is 0 Å². The molecular weight excluding hydrogens is 478 g/mol. The lowest BCUT2D eigenvalue weighted by molar-refractivity contribution is -0.461. The van der Waals surface area contributed by atoms with Gasteiger partial charge in [0, 0.05) is 0 Å². The van der Waals surface area contributed by atoms with Crippen LogP contribution in [0.5, 0.6) is 0 Å². The highest BCUT2D eigenvalue weighted by atomic mass is 19.4. The second kappa shape index (κ2) is 6.33. The van der Waals surface area contributed by atoms with Crippen LogP contribution in [0, 0.1) is 0 Å². The Bertz CT molecular complexity index is 558. The Morgan fingerprint density at radius 1 is 0.310 bits per heavy atom. The van der Waals surface area contributed by atoms with Crippen molar-refractivity contribution < 1.29 is 79.0 Å². The molecule has 4 N–H and O–H groups in total. The average Bonchev–Trinajstić information content (AvgIpc) is 2.43. The summed E-state index contributed by atoms with van der Waals surface area (Å²) in [5.41, 5.74) is 6.56. The van der Waals surface area contributed by atoms with E-state index in [4.69, 9.17) is 0 Å². The van der Waals surface area contributed by atoms with E-state index in [0.717, 1.165) is 0 Å². The van der Waals surface area contributed by atoms with Crippen molar-refractivity contribution in [1.29, 1.82) is 0 Å². The van der Waals surface area contributed by atoms with Crippen LogP contribution in [0.4, 0.5) is 79.0 Å². The smallest absolute Gasteiger partial charge is 0.287 e. The Balaban J connectivity index is 6.82. The van der Waals surface area contributed by atoms with Crippen LogP contribution in [-0.2, 0) is 0 Å². The van der Waals surface area contributed by atoms with Crippen LogP contribution >= 0.6 is 0 Å². The van der Waals surface area contributed by atoms with Crippen LogP contribution in [0.1, 0.15) is 0 Å². The summed E-state index contributed by atoms with van der Waals surface area (Å²) in [5.74, 6) is -57.9. The van der Waals surface area contributed by atoms with Crippen molar-refractivity contribution in [2.75, 3.05) is 0 Å². The first-order chi connectivity index (χ1) is 12.0. The standard InChI is InChI=1S/C9H4F18N2/c10-1(11,2(12,13)4(16,17)6(20,21)8(23,24)25)3(14,15)5(18,19)7(22,28)9(26,27)29/h28-29H2. The van der Waals surface area contributed by atoms with Gasteiger partial charge >= 0.3 is 53.6 Å². The molecule has 0 rings (SSSR count). The highest BCUT2D eigenvalue weighted by molar-refractivity contribution is 5.17. The van der Waals surface area contributed by atoms with E-state index < -0.39 is 53.6 Å². The molecule has 0 radical (unpaired) electrons. The van der Waals surface area contributed by atoms with Gasteiger partial charge in [0.25, 0.3) is 0 Å². The predicted octanol–water partition coefficient (Wildman–Crippen LogP) is 4.54. The fraction of sp³-hybridized carbons (Fsp3) is 1.00. The summed E-state index contributed by atoms with van der Waals surface area (Å²) in [6.45, 7) is 0. The first-order valence-corrected chi connectivity index (χ1v) is 5.98. The van der Waals surface area contributed by atoms with Crippen LogP contribution in [0.15, 0.2) is 0 Å². The van der Waals surface area contributed by atoms with E-state index in [-0.39, 0.29) is 0 Å². The number of nitrogens with two attached hydrogens (primary N) is 2. The molecule has 29 heavy (non-hydrogen) atoms. The number of alkyl halides is 18. The van der Waals surface area contributed by atoms with E-state index in [0.29, 0.717) is 0 Å². The minimum Gasteiger partial charge on any atom is -0.287 e. The van der Waals surface area contributed by atoms with Crippen molar-refractivity contribution in [2.24, 2.45) is 11.5 Å². The minimum absolute atomic E-state index is 3.26. The van der Waals surface area contributed by atoms with Gasteiger partial charge in [-0.25, -0.2) is 4.39 Å². The maximum absolute atomic E-state index is 13.2. The Labute approximate surface area is 145 Å². The fourth-order valence-corrected chi connectivity index (χ4v) is 1.40. The number of halogens is 18. The Kier molecular flexibility index (Phi) is 6.04. The van der Waals surface area contributed by atoms with Crippen LogP contribution in [0.3, 0.4) is 0 Å².